The Bertz CT molecular complexity index is 1230. The molecule has 178 valence electrons. The number of benzene rings is 2. The van der Waals surface area contributed by atoms with Crippen molar-refractivity contribution in [2.24, 2.45) is 0 Å². The van der Waals surface area contributed by atoms with E-state index in [9.17, 15) is 9.59 Å². The molecular weight excluding hydrogens is 448 g/mol. The maximum atomic E-state index is 13.6. The number of fused-ring (bicyclic) bond motifs is 1. The maximum Gasteiger partial charge on any atom is 0.274 e. The number of nitrogens with zero attached hydrogens (tertiary/aromatic N) is 3. The van der Waals surface area contributed by atoms with Gasteiger partial charge in [0.2, 0.25) is 5.91 Å². The van der Waals surface area contributed by atoms with Crippen LogP contribution < -0.4 is 10.9 Å². The number of amides is 1. The van der Waals surface area contributed by atoms with Crippen LogP contribution in [0.5, 0.6) is 0 Å². The molecule has 1 aromatic heterocycles. The first-order valence-corrected chi connectivity index (χ1v) is 12.7. The molecule has 0 atom stereocenters. The Balaban J connectivity index is 1.40. The number of halogens is 1. The summed E-state index contributed by atoms with van der Waals surface area (Å²) in [6.45, 7) is 3.82. The van der Waals surface area contributed by atoms with Gasteiger partial charge in [0.15, 0.2) is 0 Å². The molecular formula is C27H31ClN4O2. The highest BCUT2D eigenvalue weighted by molar-refractivity contribution is 6.30. The summed E-state index contributed by atoms with van der Waals surface area (Å²) in [5, 5.41) is 10.0. The predicted molar refractivity (Wildman–Crippen MR) is 135 cm³/mol. The summed E-state index contributed by atoms with van der Waals surface area (Å²) in [4.78, 5) is 29.0. The number of carbonyl (C=O) groups excluding carboxylic acids is 1. The third-order valence-corrected chi connectivity index (χ3v) is 7.73. The molecule has 1 saturated heterocycles. The van der Waals surface area contributed by atoms with Gasteiger partial charge in [0.25, 0.3) is 5.56 Å². The molecule has 1 saturated carbocycles. The fraction of sp³-hybridized carbons (Fsp3) is 0.444. The number of aromatic nitrogens is 2. The average Bonchev–Trinajstić information content (AvgIpc) is 3.56. The van der Waals surface area contributed by atoms with Crippen LogP contribution in [0.1, 0.15) is 49.8 Å². The largest absolute Gasteiger partial charge is 0.350 e. The van der Waals surface area contributed by atoms with E-state index >= 15 is 0 Å². The van der Waals surface area contributed by atoms with Crippen molar-refractivity contribution in [2.45, 2.75) is 57.0 Å². The topological polar surface area (TPSA) is 67.2 Å². The summed E-state index contributed by atoms with van der Waals surface area (Å²) < 4.78 is 1.58. The van der Waals surface area contributed by atoms with Crippen LogP contribution in [-0.2, 0) is 23.3 Å². The Morgan fingerprint density at radius 3 is 2.32 bits per heavy atom. The van der Waals surface area contributed by atoms with Crippen LogP contribution in [0, 0.1) is 0 Å². The summed E-state index contributed by atoms with van der Waals surface area (Å²) in [5.41, 5.74) is 1.14. The van der Waals surface area contributed by atoms with E-state index in [1.54, 1.807) is 4.68 Å². The van der Waals surface area contributed by atoms with E-state index < -0.39 is 5.41 Å². The molecule has 2 aliphatic rings. The molecule has 0 unspecified atom stereocenters. The number of hydrogen-bond donors (Lipinski definition) is 1. The van der Waals surface area contributed by atoms with Crippen LogP contribution in [-0.4, -0.2) is 40.2 Å². The molecule has 6 nitrogen and oxygen atoms in total. The smallest absolute Gasteiger partial charge is 0.274 e. The fourth-order valence-corrected chi connectivity index (χ4v) is 5.68. The van der Waals surface area contributed by atoms with Crippen molar-refractivity contribution in [2.75, 3.05) is 19.6 Å². The second-order valence-electron chi connectivity index (χ2n) is 9.55. The van der Waals surface area contributed by atoms with E-state index in [4.69, 9.17) is 16.7 Å². The molecule has 0 bridgehead atoms. The number of likely N-dealkylation sites (tertiary alicyclic amines) is 1. The van der Waals surface area contributed by atoms with Crippen LogP contribution in [0.25, 0.3) is 10.8 Å². The van der Waals surface area contributed by atoms with E-state index in [0.717, 1.165) is 62.0 Å². The molecule has 2 heterocycles. The highest BCUT2D eigenvalue weighted by Crippen LogP contribution is 2.41. The van der Waals surface area contributed by atoms with E-state index in [1.807, 2.05) is 48.5 Å². The second kappa shape index (κ2) is 9.88. The van der Waals surface area contributed by atoms with Gasteiger partial charge in [0.05, 0.1) is 29.6 Å². The number of rotatable bonds is 7. The Hall–Kier alpha value is -2.70. The lowest BCUT2D eigenvalue weighted by atomic mass is 9.78. The number of carbonyl (C=O) groups is 1. The third kappa shape index (κ3) is 4.49. The summed E-state index contributed by atoms with van der Waals surface area (Å²) in [7, 11) is 0. The van der Waals surface area contributed by atoms with E-state index in [2.05, 4.69) is 10.2 Å². The quantitative estimate of drug-likeness (QED) is 0.550. The van der Waals surface area contributed by atoms with Gasteiger partial charge >= 0.3 is 0 Å². The van der Waals surface area contributed by atoms with Gasteiger partial charge in [0.1, 0.15) is 0 Å². The first-order valence-electron chi connectivity index (χ1n) is 12.3. The van der Waals surface area contributed by atoms with Crippen molar-refractivity contribution in [3.05, 3.63) is 75.2 Å². The van der Waals surface area contributed by atoms with Gasteiger partial charge in [-0.15, -0.1) is 0 Å². The van der Waals surface area contributed by atoms with Crippen LogP contribution in [0.3, 0.4) is 0 Å². The first kappa shape index (κ1) is 23.1. The lowest BCUT2D eigenvalue weighted by molar-refractivity contribution is -0.126. The molecule has 5 rings (SSSR count). The lowest BCUT2D eigenvalue weighted by Crippen LogP contribution is -2.42. The molecule has 2 fully saturated rings. The van der Waals surface area contributed by atoms with E-state index in [0.29, 0.717) is 23.5 Å². The minimum Gasteiger partial charge on any atom is -0.350 e. The SMILES string of the molecule is O=C(NCc1nn(CCN2CCCC2)c(=O)c2ccccc12)C1(c2ccc(Cl)cc2)CCCC1. The Morgan fingerprint density at radius 1 is 0.941 bits per heavy atom. The molecule has 1 amide bonds. The second-order valence-corrected chi connectivity index (χ2v) is 9.98. The molecule has 34 heavy (non-hydrogen) atoms. The lowest BCUT2D eigenvalue weighted by Gasteiger charge is -2.28. The minimum atomic E-state index is -0.537. The van der Waals surface area contributed by atoms with Crippen molar-refractivity contribution in [3.8, 4) is 0 Å². The zero-order valence-corrected chi connectivity index (χ0v) is 20.2. The molecule has 0 radical (unpaired) electrons. The van der Waals surface area contributed by atoms with Crippen molar-refractivity contribution in [3.63, 3.8) is 0 Å². The molecule has 7 heteroatoms. The maximum absolute atomic E-state index is 13.6. The molecule has 0 spiro atoms. The Morgan fingerprint density at radius 2 is 1.62 bits per heavy atom. The summed E-state index contributed by atoms with van der Waals surface area (Å²) >= 11 is 6.10. The van der Waals surface area contributed by atoms with Crippen LogP contribution in [0.2, 0.25) is 5.02 Å². The summed E-state index contributed by atoms with van der Waals surface area (Å²) in [5.74, 6) is 0.0213. The van der Waals surface area contributed by atoms with Gasteiger partial charge in [-0.3, -0.25) is 9.59 Å². The predicted octanol–water partition coefficient (Wildman–Crippen LogP) is 4.27. The van der Waals surface area contributed by atoms with Crippen LogP contribution in [0.4, 0.5) is 0 Å². The Labute approximate surface area is 204 Å². The molecule has 2 aromatic carbocycles. The normalized spacial score (nSPS) is 17.9. The van der Waals surface area contributed by atoms with Gasteiger partial charge in [0, 0.05) is 17.0 Å². The van der Waals surface area contributed by atoms with Crippen molar-refractivity contribution < 1.29 is 4.79 Å². The molecule has 1 aliphatic heterocycles. The number of nitrogens with one attached hydrogen (secondary N) is 1. The van der Waals surface area contributed by atoms with Gasteiger partial charge in [-0.1, -0.05) is 54.8 Å². The van der Waals surface area contributed by atoms with Gasteiger partial charge in [-0.2, -0.15) is 5.10 Å². The van der Waals surface area contributed by atoms with Crippen molar-refractivity contribution in [1.29, 1.82) is 0 Å². The first-order chi connectivity index (χ1) is 16.6. The zero-order chi connectivity index (χ0) is 23.5. The van der Waals surface area contributed by atoms with Crippen molar-refractivity contribution in [1.82, 2.24) is 20.0 Å². The van der Waals surface area contributed by atoms with Crippen LogP contribution in [0.15, 0.2) is 53.3 Å². The Kier molecular flexibility index (Phi) is 6.70. The summed E-state index contributed by atoms with van der Waals surface area (Å²) in [6.07, 6.45) is 6.13. The minimum absolute atomic E-state index is 0.0213. The molecule has 3 aromatic rings. The van der Waals surface area contributed by atoms with E-state index in [-0.39, 0.29) is 11.5 Å². The fourth-order valence-electron chi connectivity index (χ4n) is 5.56. The van der Waals surface area contributed by atoms with E-state index in [1.165, 1.54) is 12.8 Å². The number of hydrogen-bond acceptors (Lipinski definition) is 4. The third-order valence-electron chi connectivity index (χ3n) is 7.48. The highest BCUT2D eigenvalue weighted by Gasteiger charge is 2.42. The monoisotopic (exact) mass is 478 g/mol. The van der Waals surface area contributed by atoms with Gasteiger partial charge < -0.3 is 10.2 Å². The molecule has 1 N–H and O–H groups in total. The van der Waals surface area contributed by atoms with Crippen molar-refractivity contribution >= 4 is 28.3 Å². The van der Waals surface area contributed by atoms with Gasteiger partial charge in [-0.05, 0) is 62.5 Å². The standard InChI is InChI=1S/C27H31ClN4O2/c28-21-11-9-20(10-12-21)27(13-3-4-14-27)26(34)29-19-24-22-7-1-2-8-23(22)25(33)32(30-24)18-17-31-15-5-6-16-31/h1-2,7-12H,3-6,13-19H2,(H,29,34). The zero-order valence-electron chi connectivity index (χ0n) is 19.4. The average molecular weight is 479 g/mol. The van der Waals surface area contributed by atoms with Gasteiger partial charge in [-0.25, -0.2) is 4.68 Å². The highest BCUT2D eigenvalue weighted by atomic mass is 35.5. The van der Waals surface area contributed by atoms with Crippen LogP contribution >= 0.6 is 11.6 Å². The molecule has 1 aliphatic carbocycles. The summed E-state index contributed by atoms with van der Waals surface area (Å²) in [6, 6.07) is 15.2.